The molecule has 1 aliphatic rings. The number of amides is 1. The van der Waals surface area contributed by atoms with Crippen LogP contribution < -0.4 is 0 Å². The van der Waals surface area contributed by atoms with Crippen LogP contribution in [0.3, 0.4) is 0 Å². The van der Waals surface area contributed by atoms with Crippen molar-refractivity contribution in [3.8, 4) is 0 Å². The summed E-state index contributed by atoms with van der Waals surface area (Å²) < 4.78 is 1.58. The van der Waals surface area contributed by atoms with E-state index in [4.69, 9.17) is 0 Å². The molecule has 128 valence electrons. The first-order chi connectivity index (χ1) is 11.8. The first-order valence-electron chi connectivity index (χ1n) is 8.55. The zero-order valence-electron chi connectivity index (χ0n) is 14.1. The van der Waals surface area contributed by atoms with E-state index in [0.717, 1.165) is 44.7 Å². The van der Waals surface area contributed by atoms with Crippen LogP contribution in [0.5, 0.6) is 0 Å². The Hall–Kier alpha value is -2.28. The average molecular weight is 328 g/mol. The highest BCUT2D eigenvalue weighted by atomic mass is 16.2. The van der Waals surface area contributed by atoms with Gasteiger partial charge >= 0.3 is 0 Å². The van der Waals surface area contributed by atoms with Crippen molar-refractivity contribution < 1.29 is 4.79 Å². The van der Waals surface area contributed by atoms with Gasteiger partial charge in [-0.3, -0.25) is 9.69 Å². The third-order valence-corrected chi connectivity index (χ3v) is 4.46. The van der Waals surface area contributed by atoms with E-state index < -0.39 is 0 Å². The third-order valence-electron chi connectivity index (χ3n) is 4.46. The molecule has 0 N–H and O–H groups in total. The number of rotatable bonds is 6. The minimum Gasteiger partial charge on any atom is -0.338 e. The molecule has 2 heterocycles. The molecule has 24 heavy (non-hydrogen) atoms. The molecule has 0 bridgehead atoms. The number of hydrogen-bond donors (Lipinski definition) is 0. The van der Waals surface area contributed by atoms with E-state index in [2.05, 4.69) is 27.3 Å². The van der Waals surface area contributed by atoms with Gasteiger partial charge in [-0.2, -0.15) is 0 Å². The normalized spacial score (nSPS) is 17.0. The summed E-state index contributed by atoms with van der Waals surface area (Å²) in [6, 6.07) is 9.62. The molecule has 3 rings (SSSR count). The average Bonchev–Trinajstić information content (AvgIpc) is 3.15. The van der Waals surface area contributed by atoms with Gasteiger partial charge in [-0.05, 0) is 29.0 Å². The fourth-order valence-electron chi connectivity index (χ4n) is 3.16. The van der Waals surface area contributed by atoms with Gasteiger partial charge in [0.15, 0.2) is 0 Å². The number of aromatic nitrogens is 4. The predicted molar refractivity (Wildman–Crippen MR) is 90.3 cm³/mol. The summed E-state index contributed by atoms with van der Waals surface area (Å²) >= 11 is 0. The Morgan fingerprint density at radius 3 is 2.54 bits per heavy atom. The molecule has 0 radical (unpaired) electrons. The molecule has 1 aromatic carbocycles. The quantitative estimate of drug-likeness (QED) is 0.792. The fourth-order valence-corrected chi connectivity index (χ4v) is 3.16. The summed E-state index contributed by atoms with van der Waals surface area (Å²) in [5, 5.41) is 11.4. The molecule has 0 aliphatic carbocycles. The molecule has 1 amide bonds. The molecule has 1 atom stereocenters. The number of hydrogen-bond acceptors (Lipinski definition) is 5. The number of carbonyl (C=O) groups excluding carboxylic acids is 1. The summed E-state index contributed by atoms with van der Waals surface area (Å²) in [7, 11) is 0. The van der Waals surface area contributed by atoms with Crippen LogP contribution in [0.15, 0.2) is 36.7 Å². The van der Waals surface area contributed by atoms with E-state index in [9.17, 15) is 4.79 Å². The maximum Gasteiger partial charge on any atom is 0.248 e. The zero-order valence-corrected chi connectivity index (χ0v) is 14.1. The maximum atomic E-state index is 13.1. The van der Waals surface area contributed by atoms with Gasteiger partial charge < -0.3 is 4.90 Å². The van der Waals surface area contributed by atoms with Gasteiger partial charge in [0.25, 0.3) is 0 Å². The molecule has 7 nitrogen and oxygen atoms in total. The zero-order chi connectivity index (χ0) is 16.8. The summed E-state index contributed by atoms with van der Waals surface area (Å²) in [6.45, 7) is 6.70. The van der Waals surface area contributed by atoms with Crippen LogP contribution >= 0.6 is 0 Å². The number of benzene rings is 1. The summed E-state index contributed by atoms with van der Waals surface area (Å²) in [6.07, 6.45) is 3.27. The Labute approximate surface area is 142 Å². The van der Waals surface area contributed by atoms with Crippen molar-refractivity contribution in [3.05, 3.63) is 42.2 Å². The van der Waals surface area contributed by atoms with Gasteiger partial charge in [-0.1, -0.05) is 37.3 Å². The second-order valence-electron chi connectivity index (χ2n) is 6.16. The van der Waals surface area contributed by atoms with E-state index in [1.807, 2.05) is 35.2 Å². The van der Waals surface area contributed by atoms with Gasteiger partial charge in [-0.15, -0.1) is 5.10 Å². The van der Waals surface area contributed by atoms with Gasteiger partial charge in [0.1, 0.15) is 12.4 Å². The Bertz CT molecular complexity index is 622. The Morgan fingerprint density at radius 1 is 1.17 bits per heavy atom. The van der Waals surface area contributed by atoms with Crippen molar-refractivity contribution >= 4 is 5.91 Å². The molecule has 0 saturated carbocycles. The topological polar surface area (TPSA) is 67.2 Å². The van der Waals surface area contributed by atoms with E-state index in [1.54, 1.807) is 4.68 Å². The molecule has 1 aliphatic heterocycles. The standard InChI is InChI=1S/C17H24N6O/c1-2-8-21-9-11-22(12-10-21)17(24)16(23-14-18-19-20-23)13-15-6-4-3-5-7-15/h3-7,14,16H,2,8-13H2,1H3/t16-/m0/s1. The molecule has 2 aromatic rings. The second-order valence-corrected chi connectivity index (χ2v) is 6.16. The summed E-state index contributed by atoms with van der Waals surface area (Å²) in [5.41, 5.74) is 1.11. The summed E-state index contributed by atoms with van der Waals surface area (Å²) in [4.78, 5) is 17.4. The van der Waals surface area contributed by atoms with Gasteiger partial charge in [-0.25, -0.2) is 4.68 Å². The van der Waals surface area contributed by atoms with Crippen LogP contribution in [0.2, 0.25) is 0 Å². The van der Waals surface area contributed by atoms with Gasteiger partial charge in [0.2, 0.25) is 5.91 Å². The predicted octanol–water partition coefficient (Wildman–Crippen LogP) is 1.01. The lowest BCUT2D eigenvalue weighted by atomic mass is 10.0. The molecular weight excluding hydrogens is 304 g/mol. The number of tetrazole rings is 1. The molecule has 1 fully saturated rings. The molecule has 7 heteroatoms. The molecule has 1 aromatic heterocycles. The van der Waals surface area contributed by atoms with Crippen LogP contribution in [0.25, 0.3) is 0 Å². The molecule has 0 spiro atoms. The first kappa shape index (κ1) is 16.6. The first-order valence-corrected chi connectivity index (χ1v) is 8.55. The number of nitrogens with zero attached hydrogens (tertiary/aromatic N) is 6. The van der Waals surface area contributed by atoms with Gasteiger partial charge in [0.05, 0.1) is 0 Å². The lowest BCUT2D eigenvalue weighted by Gasteiger charge is -2.36. The van der Waals surface area contributed by atoms with Crippen LogP contribution in [-0.2, 0) is 11.2 Å². The Morgan fingerprint density at radius 2 is 1.92 bits per heavy atom. The third kappa shape index (κ3) is 3.97. The minimum atomic E-state index is -0.389. The van der Waals surface area contributed by atoms with E-state index in [1.165, 1.54) is 6.33 Å². The van der Waals surface area contributed by atoms with E-state index in [0.29, 0.717) is 6.42 Å². The molecular formula is C17H24N6O. The SMILES string of the molecule is CCCN1CCN(C(=O)[C@H](Cc2ccccc2)n2cnnn2)CC1. The highest BCUT2D eigenvalue weighted by Gasteiger charge is 2.29. The largest absolute Gasteiger partial charge is 0.338 e. The molecule has 1 saturated heterocycles. The van der Waals surface area contributed by atoms with Crippen LogP contribution in [0.4, 0.5) is 0 Å². The Kier molecular flexibility index (Phi) is 5.53. The smallest absolute Gasteiger partial charge is 0.248 e. The van der Waals surface area contributed by atoms with Crippen molar-refractivity contribution in [1.82, 2.24) is 30.0 Å². The lowest BCUT2D eigenvalue weighted by Crippen LogP contribution is -2.51. The molecule has 0 unspecified atom stereocenters. The number of piperazine rings is 1. The van der Waals surface area contributed by atoms with E-state index in [-0.39, 0.29) is 11.9 Å². The second kappa shape index (κ2) is 8.01. The van der Waals surface area contributed by atoms with Crippen LogP contribution in [0, 0.1) is 0 Å². The van der Waals surface area contributed by atoms with Crippen LogP contribution in [0.1, 0.15) is 24.9 Å². The highest BCUT2D eigenvalue weighted by molar-refractivity contribution is 5.80. The van der Waals surface area contributed by atoms with Crippen molar-refractivity contribution in [1.29, 1.82) is 0 Å². The van der Waals surface area contributed by atoms with Crippen molar-refractivity contribution in [2.24, 2.45) is 0 Å². The maximum absolute atomic E-state index is 13.1. The van der Waals surface area contributed by atoms with E-state index >= 15 is 0 Å². The summed E-state index contributed by atoms with van der Waals surface area (Å²) in [5.74, 6) is 0.0994. The Balaban J connectivity index is 1.70. The lowest BCUT2D eigenvalue weighted by molar-refractivity contribution is -0.136. The monoisotopic (exact) mass is 328 g/mol. The fraction of sp³-hybridized carbons (Fsp3) is 0.529. The van der Waals surface area contributed by atoms with Crippen molar-refractivity contribution in [2.45, 2.75) is 25.8 Å². The van der Waals surface area contributed by atoms with Crippen molar-refractivity contribution in [3.63, 3.8) is 0 Å². The van der Waals surface area contributed by atoms with Crippen LogP contribution in [-0.4, -0.2) is 68.6 Å². The van der Waals surface area contributed by atoms with Gasteiger partial charge in [0, 0.05) is 32.6 Å². The van der Waals surface area contributed by atoms with Crippen molar-refractivity contribution in [2.75, 3.05) is 32.7 Å². The number of carbonyl (C=O) groups is 1. The highest BCUT2D eigenvalue weighted by Crippen LogP contribution is 2.17. The minimum absolute atomic E-state index is 0.0994.